The van der Waals surface area contributed by atoms with Crippen LogP contribution < -0.4 is 4.74 Å². The Morgan fingerprint density at radius 3 is 2.41 bits per heavy atom. The van der Waals surface area contributed by atoms with E-state index in [9.17, 15) is 14.4 Å². The molecule has 0 saturated heterocycles. The summed E-state index contributed by atoms with van der Waals surface area (Å²) in [7, 11) is 1.57. The van der Waals surface area contributed by atoms with Crippen molar-refractivity contribution in [2.75, 3.05) is 20.2 Å². The van der Waals surface area contributed by atoms with E-state index < -0.39 is 6.04 Å². The van der Waals surface area contributed by atoms with Gasteiger partial charge in [0.25, 0.3) is 11.8 Å². The van der Waals surface area contributed by atoms with Crippen LogP contribution >= 0.6 is 15.9 Å². The molecular weight excluding hydrogens is 412 g/mol. The molecule has 0 radical (unpaired) electrons. The summed E-state index contributed by atoms with van der Waals surface area (Å²) in [5, 5.41) is 0. The van der Waals surface area contributed by atoms with Crippen LogP contribution in [0.5, 0.6) is 5.75 Å². The summed E-state index contributed by atoms with van der Waals surface area (Å²) in [6.45, 7) is 0.598. The molecule has 7 heteroatoms. The van der Waals surface area contributed by atoms with Crippen LogP contribution in [-0.4, -0.2) is 48.2 Å². The molecule has 0 aromatic heterocycles. The van der Waals surface area contributed by atoms with Crippen molar-refractivity contribution in [3.8, 4) is 5.75 Å². The Morgan fingerprint density at radius 1 is 1.15 bits per heavy atom. The molecule has 6 nitrogen and oxygen atoms in total. The maximum atomic E-state index is 12.8. The number of ether oxygens (including phenoxy) is 1. The van der Waals surface area contributed by atoms with Gasteiger partial charge in [-0.25, -0.2) is 0 Å². The third-order valence-corrected chi connectivity index (χ3v) is 5.95. The van der Waals surface area contributed by atoms with Gasteiger partial charge >= 0.3 is 0 Å². The molecule has 1 atom stereocenters. The second-order valence-corrected chi connectivity index (χ2v) is 7.37. The molecule has 2 aliphatic heterocycles. The fraction of sp³-hybridized carbons (Fsp3) is 0.250. The van der Waals surface area contributed by atoms with Crippen molar-refractivity contribution in [1.82, 2.24) is 9.80 Å². The molecule has 0 fully saturated rings. The predicted octanol–water partition coefficient (Wildman–Crippen LogP) is 2.81. The Hall–Kier alpha value is -2.67. The first-order valence-corrected chi connectivity index (χ1v) is 9.37. The zero-order chi connectivity index (χ0) is 19.1. The average molecular weight is 429 g/mol. The molecule has 2 aliphatic rings. The number of hydrogen-bond donors (Lipinski definition) is 0. The van der Waals surface area contributed by atoms with E-state index in [1.807, 2.05) is 12.1 Å². The molecule has 3 amide bonds. The topological polar surface area (TPSA) is 66.9 Å². The van der Waals surface area contributed by atoms with Gasteiger partial charge in [0.15, 0.2) is 0 Å². The zero-order valence-electron chi connectivity index (χ0n) is 14.6. The smallest absolute Gasteiger partial charge is 0.261 e. The lowest BCUT2D eigenvalue weighted by Crippen LogP contribution is -2.43. The molecule has 2 heterocycles. The van der Waals surface area contributed by atoms with Crippen LogP contribution in [0.2, 0.25) is 0 Å². The molecule has 4 rings (SSSR count). The Kier molecular flexibility index (Phi) is 4.47. The highest BCUT2D eigenvalue weighted by Gasteiger charge is 2.40. The Bertz CT molecular complexity index is 924. The van der Waals surface area contributed by atoms with Crippen molar-refractivity contribution in [2.45, 2.75) is 12.5 Å². The minimum absolute atomic E-state index is 0.0882. The minimum atomic E-state index is -0.457. The van der Waals surface area contributed by atoms with Crippen LogP contribution in [0.25, 0.3) is 0 Å². The number of fused-ring (bicyclic) bond motifs is 2. The van der Waals surface area contributed by atoms with Gasteiger partial charge in [-0.05, 0) is 36.2 Å². The Balaban J connectivity index is 1.76. The summed E-state index contributed by atoms with van der Waals surface area (Å²) >= 11 is 3.56. The summed E-state index contributed by atoms with van der Waals surface area (Å²) in [4.78, 5) is 40.1. The number of methoxy groups -OCH3 is 1. The molecule has 0 spiro atoms. The van der Waals surface area contributed by atoms with Gasteiger partial charge in [0.2, 0.25) is 6.41 Å². The van der Waals surface area contributed by atoms with Crippen molar-refractivity contribution >= 4 is 34.2 Å². The van der Waals surface area contributed by atoms with Gasteiger partial charge in [0.1, 0.15) is 5.75 Å². The summed E-state index contributed by atoms with van der Waals surface area (Å²) in [5.41, 5.74) is 2.67. The number of halogens is 1. The Labute approximate surface area is 164 Å². The maximum Gasteiger partial charge on any atom is 0.261 e. The fourth-order valence-corrected chi connectivity index (χ4v) is 4.42. The number of carbonyl (C=O) groups excluding carboxylic acids is 3. The van der Waals surface area contributed by atoms with Crippen LogP contribution in [0.3, 0.4) is 0 Å². The van der Waals surface area contributed by atoms with Gasteiger partial charge in [0, 0.05) is 16.6 Å². The molecule has 2 aromatic rings. The van der Waals surface area contributed by atoms with Gasteiger partial charge in [-0.2, -0.15) is 0 Å². The average Bonchev–Trinajstić information content (AvgIpc) is 2.94. The normalized spacial score (nSPS) is 18.4. The fourth-order valence-electron chi connectivity index (χ4n) is 3.88. The van der Waals surface area contributed by atoms with Crippen molar-refractivity contribution in [3.63, 3.8) is 0 Å². The number of rotatable bonds is 4. The highest BCUT2D eigenvalue weighted by molar-refractivity contribution is 9.10. The van der Waals surface area contributed by atoms with E-state index in [1.165, 1.54) is 4.90 Å². The Morgan fingerprint density at radius 2 is 1.81 bits per heavy atom. The van der Waals surface area contributed by atoms with Crippen LogP contribution in [0.15, 0.2) is 40.9 Å². The van der Waals surface area contributed by atoms with E-state index in [0.29, 0.717) is 29.8 Å². The lowest BCUT2D eigenvalue weighted by Gasteiger charge is -2.37. The van der Waals surface area contributed by atoms with E-state index >= 15 is 0 Å². The van der Waals surface area contributed by atoms with Crippen molar-refractivity contribution in [2.24, 2.45) is 0 Å². The molecule has 0 bridgehead atoms. The van der Waals surface area contributed by atoms with Crippen molar-refractivity contribution in [3.05, 3.63) is 63.1 Å². The van der Waals surface area contributed by atoms with E-state index in [1.54, 1.807) is 36.3 Å². The molecule has 0 N–H and O–H groups in total. The lowest BCUT2D eigenvalue weighted by molar-refractivity contribution is -0.121. The highest BCUT2D eigenvalue weighted by atomic mass is 79.9. The van der Waals surface area contributed by atoms with Gasteiger partial charge in [-0.15, -0.1) is 0 Å². The lowest BCUT2D eigenvalue weighted by atomic mass is 9.91. The number of nitrogens with zero attached hydrogens (tertiary/aromatic N) is 2. The van der Waals surface area contributed by atoms with Gasteiger partial charge in [-0.1, -0.05) is 28.1 Å². The van der Waals surface area contributed by atoms with Gasteiger partial charge in [-0.3, -0.25) is 19.3 Å². The first-order valence-electron chi connectivity index (χ1n) is 8.58. The SMILES string of the molecule is COc1ccc(Br)c2c1[C@@H](CN1C(=O)c3ccccc3C1=O)N(C=O)CC2. The number of hydrogen-bond acceptors (Lipinski definition) is 4. The molecule has 0 saturated carbocycles. The highest BCUT2D eigenvalue weighted by Crippen LogP contribution is 2.40. The molecule has 138 valence electrons. The summed E-state index contributed by atoms with van der Waals surface area (Å²) < 4.78 is 6.45. The van der Waals surface area contributed by atoms with Crippen LogP contribution in [0.1, 0.15) is 37.9 Å². The second-order valence-electron chi connectivity index (χ2n) is 6.52. The number of amides is 3. The van der Waals surface area contributed by atoms with E-state index in [2.05, 4.69) is 15.9 Å². The predicted molar refractivity (Wildman–Crippen MR) is 102 cm³/mol. The third-order valence-electron chi connectivity index (χ3n) is 5.20. The molecule has 0 aliphatic carbocycles. The van der Waals surface area contributed by atoms with Crippen LogP contribution in [0.4, 0.5) is 0 Å². The first-order chi connectivity index (χ1) is 13.1. The first kappa shape index (κ1) is 17.7. The molecule has 0 unspecified atom stereocenters. The van der Waals surface area contributed by atoms with Crippen molar-refractivity contribution in [1.29, 1.82) is 0 Å². The van der Waals surface area contributed by atoms with E-state index in [0.717, 1.165) is 22.0 Å². The summed E-state index contributed by atoms with van der Waals surface area (Å²) in [6.07, 6.45) is 1.44. The van der Waals surface area contributed by atoms with Crippen LogP contribution in [0, 0.1) is 0 Å². The van der Waals surface area contributed by atoms with E-state index in [-0.39, 0.29) is 18.4 Å². The third kappa shape index (κ3) is 2.73. The molecule has 2 aromatic carbocycles. The second kappa shape index (κ2) is 6.81. The summed E-state index contributed by atoms with van der Waals surface area (Å²) in [6, 6.07) is 10.1. The number of carbonyl (C=O) groups is 3. The van der Waals surface area contributed by atoms with E-state index in [4.69, 9.17) is 4.74 Å². The maximum absolute atomic E-state index is 12.8. The summed E-state index contributed by atoms with van der Waals surface area (Å²) in [5.74, 6) is -0.0218. The van der Waals surface area contributed by atoms with Crippen LogP contribution in [-0.2, 0) is 11.2 Å². The molecule has 27 heavy (non-hydrogen) atoms. The standard InChI is InChI=1S/C20H17BrN2O4/c1-27-17-7-6-15(21)14-8-9-22(11-24)16(18(14)17)10-23-19(25)12-4-2-3-5-13(12)20(23)26/h2-7,11,16H,8-10H2,1H3/t16-/m1/s1. The minimum Gasteiger partial charge on any atom is -0.496 e. The van der Waals surface area contributed by atoms with Crippen molar-refractivity contribution < 1.29 is 19.1 Å². The molecular formula is C20H17BrN2O4. The number of benzene rings is 2. The van der Waals surface area contributed by atoms with Gasteiger partial charge < -0.3 is 9.64 Å². The quantitative estimate of drug-likeness (QED) is 0.554. The largest absolute Gasteiger partial charge is 0.496 e. The van der Waals surface area contributed by atoms with Gasteiger partial charge in [0.05, 0.1) is 30.8 Å². The number of imide groups is 1. The monoisotopic (exact) mass is 428 g/mol. The zero-order valence-corrected chi connectivity index (χ0v) is 16.2.